The van der Waals surface area contributed by atoms with Crippen molar-refractivity contribution in [2.24, 2.45) is 5.41 Å². The summed E-state index contributed by atoms with van der Waals surface area (Å²) in [5.41, 5.74) is -0.419. The molecule has 0 radical (unpaired) electrons. The summed E-state index contributed by atoms with van der Waals surface area (Å²) in [7, 11) is -4.24. The summed E-state index contributed by atoms with van der Waals surface area (Å²) in [5.74, 6) is -2.24. The Kier molecular flexibility index (Phi) is 5.61. The molecule has 0 atom stereocenters. The Morgan fingerprint density at radius 2 is 1.80 bits per heavy atom. The molecule has 114 valence electrons. The van der Waals surface area contributed by atoms with Gasteiger partial charge in [0.1, 0.15) is 11.6 Å². The fourth-order valence-electron chi connectivity index (χ4n) is 1.75. The average molecular weight is 307 g/mol. The van der Waals surface area contributed by atoms with E-state index in [0.717, 1.165) is 18.2 Å². The minimum Gasteiger partial charge on any atom is -0.396 e. The Bertz CT molecular complexity index is 538. The van der Waals surface area contributed by atoms with Crippen LogP contribution in [0.25, 0.3) is 0 Å². The zero-order valence-corrected chi connectivity index (χ0v) is 12.3. The van der Waals surface area contributed by atoms with E-state index < -0.39 is 32.0 Å². The van der Waals surface area contributed by atoms with E-state index in [1.165, 1.54) is 0 Å². The Balaban J connectivity index is 2.86. The molecule has 0 amide bonds. The molecule has 0 saturated carbocycles. The highest BCUT2D eigenvalue weighted by Crippen LogP contribution is 2.23. The first-order valence-electron chi connectivity index (χ1n) is 6.24. The van der Waals surface area contributed by atoms with Crippen molar-refractivity contribution in [1.29, 1.82) is 0 Å². The highest BCUT2D eigenvalue weighted by Gasteiger charge is 2.26. The van der Waals surface area contributed by atoms with E-state index in [9.17, 15) is 17.2 Å². The summed E-state index contributed by atoms with van der Waals surface area (Å²) in [5, 5.41) is 8.77. The smallest absolute Gasteiger partial charge is 0.246 e. The van der Waals surface area contributed by atoms with Crippen LogP contribution in [-0.4, -0.2) is 26.7 Å². The summed E-state index contributed by atoms with van der Waals surface area (Å²) >= 11 is 0. The summed E-state index contributed by atoms with van der Waals surface area (Å²) in [6.45, 7) is 3.66. The van der Waals surface area contributed by atoms with Gasteiger partial charge in [0.2, 0.25) is 10.0 Å². The third-order valence-electron chi connectivity index (χ3n) is 2.94. The van der Waals surface area contributed by atoms with E-state index in [1.807, 2.05) is 13.8 Å². The lowest BCUT2D eigenvalue weighted by atomic mass is 9.88. The van der Waals surface area contributed by atoms with Crippen LogP contribution in [0.5, 0.6) is 0 Å². The summed E-state index contributed by atoms with van der Waals surface area (Å²) in [4.78, 5) is -0.960. The number of benzene rings is 1. The minimum atomic E-state index is -4.24. The number of aliphatic hydroxyl groups excluding tert-OH is 1. The van der Waals surface area contributed by atoms with Gasteiger partial charge >= 0.3 is 0 Å². The van der Waals surface area contributed by atoms with Gasteiger partial charge < -0.3 is 5.11 Å². The van der Waals surface area contributed by atoms with Crippen molar-refractivity contribution in [2.75, 3.05) is 13.2 Å². The molecule has 1 aromatic carbocycles. The lowest BCUT2D eigenvalue weighted by Gasteiger charge is -2.24. The van der Waals surface area contributed by atoms with E-state index in [4.69, 9.17) is 5.11 Å². The van der Waals surface area contributed by atoms with E-state index in [2.05, 4.69) is 4.72 Å². The Hall–Kier alpha value is -1.05. The number of sulfonamides is 1. The van der Waals surface area contributed by atoms with Crippen LogP contribution < -0.4 is 4.72 Å². The average Bonchev–Trinajstić information content (AvgIpc) is 2.34. The fraction of sp³-hybridized carbons (Fsp3) is 0.538. The molecule has 0 aliphatic rings. The monoisotopic (exact) mass is 307 g/mol. The van der Waals surface area contributed by atoms with Crippen molar-refractivity contribution in [3.05, 3.63) is 29.8 Å². The Morgan fingerprint density at radius 3 is 2.30 bits per heavy atom. The van der Waals surface area contributed by atoms with Crippen molar-refractivity contribution in [2.45, 2.75) is 31.6 Å². The number of halogens is 2. The zero-order valence-electron chi connectivity index (χ0n) is 11.5. The van der Waals surface area contributed by atoms with Crippen LogP contribution in [0.15, 0.2) is 23.1 Å². The topological polar surface area (TPSA) is 66.4 Å². The second-order valence-corrected chi connectivity index (χ2v) is 7.07. The van der Waals surface area contributed by atoms with E-state index in [0.29, 0.717) is 12.8 Å². The number of aliphatic hydroxyl groups is 1. The summed E-state index contributed by atoms with van der Waals surface area (Å²) in [6.07, 6.45) is 1.12. The molecule has 0 unspecified atom stereocenters. The Morgan fingerprint density at radius 1 is 1.25 bits per heavy atom. The summed E-state index contributed by atoms with van der Waals surface area (Å²) < 4.78 is 53.1. The largest absolute Gasteiger partial charge is 0.396 e. The van der Waals surface area contributed by atoms with E-state index in [1.54, 1.807) is 0 Å². The SMILES string of the molecule is CC(C)(CCCO)CNS(=O)(=O)c1c(F)cccc1F. The first-order valence-corrected chi connectivity index (χ1v) is 7.72. The number of nitrogens with one attached hydrogen (secondary N) is 1. The number of hydrogen-bond donors (Lipinski definition) is 2. The molecule has 0 aliphatic heterocycles. The van der Waals surface area contributed by atoms with Crippen LogP contribution in [0, 0.1) is 17.0 Å². The molecular formula is C13H19F2NO3S. The van der Waals surface area contributed by atoms with E-state index >= 15 is 0 Å². The maximum absolute atomic E-state index is 13.5. The highest BCUT2D eigenvalue weighted by molar-refractivity contribution is 7.89. The van der Waals surface area contributed by atoms with E-state index in [-0.39, 0.29) is 13.2 Å². The Labute approximate surface area is 117 Å². The van der Waals surface area contributed by atoms with Crippen molar-refractivity contribution >= 4 is 10.0 Å². The standard InChI is InChI=1S/C13H19F2NO3S/c1-13(2,7-4-8-17)9-16-20(18,19)12-10(14)5-3-6-11(12)15/h3,5-6,16-17H,4,7-9H2,1-2H3. The molecule has 0 saturated heterocycles. The molecule has 0 bridgehead atoms. The minimum absolute atomic E-state index is 0.0120. The van der Waals surface area contributed by atoms with Gasteiger partial charge in [-0.15, -0.1) is 0 Å². The third-order valence-corrected chi connectivity index (χ3v) is 4.39. The maximum Gasteiger partial charge on any atom is 0.246 e. The van der Waals surface area contributed by atoms with Crippen LogP contribution in [0.1, 0.15) is 26.7 Å². The van der Waals surface area contributed by atoms with Gasteiger partial charge in [-0.05, 0) is 30.4 Å². The quantitative estimate of drug-likeness (QED) is 0.810. The van der Waals surface area contributed by atoms with Gasteiger partial charge in [-0.25, -0.2) is 21.9 Å². The molecule has 0 aromatic heterocycles. The normalized spacial score (nSPS) is 12.7. The van der Waals surface area contributed by atoms with Gasteiger partial charge in [0.25, 0.3) is 0 Å². The fourth-order valence-corrected chi connectivity index (χ4v) is 3.12. The van der Waals surface area contributed by atoms with Gasteiger partial charge in [0.05, 0.1) is 0 Å². The van der Waals surface area contributed by atoms with Gasteiger partial charge in [0, 0.05) is 13.2 Å². The molecule has 1 rings (SSSR count). The van der Waals surface area contributed by atoms with Gasteiger partial charge in [-0.3, -0.25) is 0 Å². The second-order valence-electron chi connectivity index (χ2n) is 5.37. The molecule has 2 N–H and O–H groups in total. The van der Waals surface area contributed by atoms with Crippen molar-refractivity contribution in [3.63, 3.8) is 0 Å². The molecule has 0 aliphatic carbocycles. The first kappa shape index (κ1) is 17.0. The molecule has 20 heavy (non-hydrogen) atoms. The zero-order chi connectivity index (χ0) is 15.4. The lowest BCUT2D eigenvalue weighted by Crippen LogP contribution is -2.35. The molecule has 4 nitrogen and oxygen atoms in total. The highest BCUT2D eigenvalue weighted by atomic mass is 32.2. The predicted octanol–water partition coefficient (Wildman–Crippen LogP) is 2.04. The maximum atomic E-state index is 13.5. The van der Waals surface area contributed by atoms with Crippen LogP contribution in [0.3, 0.4) is 0 Å². The molecule has 7 heteroatoms. The number of hydrogen-bond acceptors (Lipinski definition) is 3. The molecule has 1 aromatic rings. The predicted molar refractivity (Wildman–Crippen MR) is 71.6 cm³/mol. The van der Waals surface area contributed by atoms with Gasteiger partial charge in [0.15, 0.2) is 4.90 Å². The molecule has 0 fully saturated rings. The molecule has 0 spiro atoms. The van der Waals surface area contributed by atoms with Gasteiger partial charge in [-0.1, -0.05) is 19.9 Å². The second kappa shape index (κ2) is 6.60. The lowest BCUT2D eigenvalue weighted by molar-refractivity contribution is 0.242. The van der Waals surface area contributed by atoms with Crippen molar-refractivity contribution < 1.29 is 22.3 Å². The third kappa shape index (κ3) is 4.50. The number of rotatable bonds is 7. The van der Waals surface area contributed by atoms with Crippen LogP contribution in [-0.2, 0) is 10.0 Å². The van der Waals surface area contributed by atoms with Crippen LogP contribution in [0.2, 0.25) is 0 Å². The van der Waals surface area contributed by atoms with Crippen molar-refractivity contribution in [1.82, 2.24) is 4.72 Å². The van der Waals surface area contributed by atoms with Crippen molar-refractivity contribution in [3.8, 4) is 0 Å². The first-order chi connectivity index (χ1) is 9.19. The van der Waals surface area contributed by atoms with Gasteiger partial charge in [-0.2, -0.15) is 0 Å². The molecular weight excluding hydrogens is 288 g/mol. The van der Waals surface area contributed by atoms with Crippen LogP contribution >= 0.6 is 0 Å². The molecule has 0 heterocycles. The van der Waals surface area contributed by atoms with Crippen LogP contribution in [0.4, 0.5) is 8.78 Å². The summed E-state index contributed by atoms with van der Waals surface area (Å²) in [6, 6.07) is 2.90.